The minimum atomic E-state index is -1.22. The molecule has 5 nitrogen and oxygen atoms in total. The summed E-state index contributed by atoms with van der Waals surface area (Å²) in [6, 6.07) is 3.21. The van der Waals surface area contributed by atoms with Crippen LogP contribution in [-0.4, -0.2) is 39.1 Å². The lowest BCUT2D eigenvalue weighted by Gasteiger charge is -2.30. The Morgan fingerprint density at radius 1 is 1.43 bits per heavy atom. The molecule has 2 heterocycles. The van der Waals surface area contributed by atoms with Crippen molar-refractivity contribution in [1.29, 1.82) is 0 Å². The molecule has 1 aromatic heterocycles. The Labute approximate surface area is 172 Å². The molecule has 0 saturated heterocycles. The van der Waals surface area contributed by atoms with Crippen LogP contribution in [0.4, 0.5) is 4.39 Å². The van der Waals surface area contributed by atoms with E-state index in [4.69, 9.17) is 0 Å². The number of aliphatic hydroxyl groups excluding tert-OH is 1. The zero-order chi connectivity index (χ0) is 20.5. The normalized spacial score (nSPS) is 18.5. The Hall–Kier alpha value is -1.86. The Kier molecular flexibility index (Phi) is 6.15. The van der Waals surface area contributed by atoms with Crippen LogP contribution in [-0.2, 0) is 28.1 Å². The molecule has 0 fully saturated rings. The number of benzene rings is 1. The first-order valence-electron chi connectivity index (χ1n) is 9.43. The highest BCUT2D eigenvalue weighted by Gasteiger charge is 2.46. The minimum absolute atomic E-state index is 0.0520. The molecular weight excluding hydrogens is 427 g/mol. The summed E-state index contributed by atoms with van der Waals surface area (Å²) in [7, 11) is 0. The van der Waals surface area contributed by atoms with Gasteiger partial charge in [0.15, 0.2) is 6.29 Å². The number of aryl methyl sites for hydroxylation is 2. The van der Waals surface area contributed by atoms with Gasteiger partial charge in [-0.15, -0.1) is 0 Å². The highest BCUT2D eigenvalue weighted by Crippen LogP contribution is 2.41. The SMILES string of the molecule is Cc1cc2c(CCCCBr)c3c(nc2cc1F)[C@@](C)(C=O)N(C(=O)CCO)C3. The molecular formula is C21H24BrFN2O3. The van der Waals surface area contributed by atoms with Crippen LogP contribution < -0.4 is 0 Å². The van der Waals surface area contributed by atoms with Gasteiger partial charge in [-0.25, -0.2) is 9.37 Å². The third-order valence-electron chi connectivity index (χ3n) is 5.51. The number of nitrogens with zero attached hydrogens (tertiary/aromatic N) is 2. The predicted molar refractivity (Wildman–Crippen MR) is 109 cm³/mol. The number of pyridine rings is 1. The lowest BCUT2D eigenvalue weighted by Crippen LogP contribution is -2.44. The van der Waals surface area contributed by atoms with Crippen LogP contribution in [0.5, 0.6) is 0 Å². The molecule has 150 valence electrons. The van der Waals surface area contributed by atoms with Crippen molar-refractivity contribution < 1.29 is 19.1 Å². The van der Waals surface area contributed by atoms with Crippen LogP contribution in [0.2, 0.25) is 0 Å². The highest BCUT2D eigenvalue weighted by molar-refractivity contribution is 9.09. The van der Waals surface area contributed by atoms with Crippen molar-refractivity contribution in [1.82, 2.24) is 9.88 Å². The lowest BCUT2D eigenvalue weighted by atomic mass is 9.91. The number of fused-ring (bicyclic) bond motifs is 2. The number of hydrogen-bond acceptors (Lipinski definition) is 4. The van der Waals surface area contributed by atoms with Crippen molar-refractivity contribution in [2.75, 3.05) is 11.9 Å². The van der Waals surface area contributed by atoms with Gasteiger partial charge in [0.1, 0.15) is 11.4 Å². The van der Waals surface area contributed by atoms with Crippen LogP contribution in [0, 0.1) is 12.7 Å². The summed E-state index contributed by atoms with van der Waals surface area (Å²) >= 11 is 3.45. The number of amides is 1. The first-order chi connectivity index (χ1) is 13.4. The number of carbonyl (C=O) groups is 2. The minimum Gasteiger partial charge on any atom is -0.396 e. The van der Waals surface area contributed by atoms with E-state index in [1.807, 2.05) is 0 Å². The molecule has 0 spiro atoms. The average molecular weight is 451 g/mol. The van der Waals surface area contributed by atoms with E-state index in [2.05, 4.69) is 20.9 Å². The maximum Gasteiger partial charge on any atom is 0.226 e. The van der Waals surface area contributed by atoms with Crippen molar-refractivity contribution in [2.45, 2.75) is 51.6 Å². The van der Waals surface area contributed by atoms with Crippen LogP contribution in [0.3, 0.4) is 0 Å². The summed E-state index contributed by atoms with van der Waals surface area (Å²) in [6.45, 7) is 3.37. The maximum absolute atomic E-state index is 14.2. The van der Waals surface area contributed by atoms with Gasteiger partial charge in [0.25, 0.3) is 0 Å². The van der Waals surface area contributed by atoms with Crippen molar-refractivity contribution in [3.05, 3.63) is 40.3 Å². The van der Waals surface area contributed by atoms with E-state index < -0.39 is 5.54 Å². The van der Waals surface area contributed by atoms with Crippen LogP contribution >= 0.6 is 15.9 Å². The molecule has 1 N–H and O–H groups in total. The van der Waals surface area contributed by atoms with Gasteiger partial charge in [0, 0.05) is 29.7 Å². The zero-order valence-electron chi connectivity index (χ0n) is 16.1. The molecule has 3 rings (SSSR count). The number of aldehydes is 1. The topological polar surface area (TPSA) is 70.5 Å². The number of aromatic nitrogens is 1. The van der Waals surface area contributed by atoms with Gasteiger partial charge in [-0.05, 0) is 55.9 Å². The number of rotatable bonds is 7. The summed E-state index contributed by atoms with van der Waals surface area (Å²) < 4.78 is 14.2. The molecule has 0 saturated carbocycles. The first-order valence-corrected chi connectivity index (χ1v) is 10.5. The van der Waals surface area contributed by atoms with Gasteiger partial charge in [-0.3, -0.25) is 4.79 Å². The Bertz CT molecular complexity index is 934. The van der Waals surface area contributed by atoms with Gasteiger partial charge in [-0.1, -0.05) is 15.9 Å². The molecule has 7 heteroatoms. The van der Waals surface area contributed by atoms with Crippen LogP contribution in [0.15, 0.2) is 12.1 Å². The standard InChI is InChI=1S/C21H24BrFN2O3/c1-13-9-15-14(5-3-4-7-22)16-11-25(19(28)6-8-26)21(2,12-27)20(16)24-18(15)10-17(13)23/h9-10,12,26H,3-8,11H2,1-2H3/t21-/m1/s1. The van der Waals surface area contributed by atoms with E-state index in [-0.39, 0.29) is 31.3 Å². The lowest BCUT2D eigenvalue weighted by molar-refractivity contribution is -0.142. The van der Waals surface area contributed by atoms with E-state index in [0.717, 1.165) is 47.4 Å². The summed E-state index contributed by atoms with van der Waals surface area (Å²) in [5.74, 6) is -0.640. The number of alkyl halides is 1. The van der Waals surface area contributed by atoms with Crippen molar-refractivity contribution in [2.24, 2.45) is 0 Å². The smallest absolute Gasteiger partial charge is 0.226 e. The molecule has 1 amide bonds. The van der Waals surface area contributed by atoms with Gasteiger partial charge < -0.3 is 14.8 Å². The third-order valence-corrected chi connectivity index (χ3v) is 6.07. The number of halogens is 2. The number of hydrogen-bond donors (Lipinski definition) is 1. The Balaban J connectivity index is 2.23. The number of carbonyl (C=O) groups excluding carboxylic acids is 2. The highest BCUT2D eigenvalue weighted by atomic mass is 79.9. The van der Waals surface area contributed by atoms with Crippen LogP contribution in [0.25, 0.3) is 10.9 Å². The van der Waals surface area contributed by atoms with Gasteiger partial charge in [-0.2, -0.15) is 0 Å². The molecule has 1 atom stereocenters. The van der Waals surface area contributed by atoms with Crippen molar-refractivity contribution >= 4 is 39.0 Å². The fourth-order valence-corrected chi connectivity index (χ4v) is 4.31. The van der Waals surface area contributed by atoms with E-state index in [1.165, 1.54) is 11.0 Å². The van der Waals surface area contributed by atoms with Gasteiger partial charge in [0.05, 0.1) is 17.8 Å². The van der Waals surface area contributed by atoms with Crippen molar-refractivity contribution in [3.8, 4) is 0 Å². The van der Waals surface area contributed by atoms with Crippen molar-refractivity contribution in [3.63, 3.8) is 0 Å². The zero-order valence-corrected chi connectivity index (χ0v) is 17.7. The molecule has 2 aromatic rings. The summed E-state index contributed by atoms with van der Waals surface area (Å²) in [5, 5.41) is 10.9. The summed E-state index contributed by atoms with van der Waals surface area (Å²) in [6.07, 6.45) is 3.34. The summed E-state index contributed by atoms with van der Waals surface area (Å²) in [4.78, 5) is 30.7. The molecule has 1 aliphatic heterocycles. The fourth-order valence-electron chi connectivity index (χ4n) is 3.92. The second-order valence-electron chi connectivity index (χ2n) is 7.40. The molecule has 1 aliphatic rings. The van der Waals surface area contributed by atoms with Crippen LogP contribution in [0.1, 0.15) is 48.6 Å². The molecule has 28 heavy (non-hydrogen) atoms. The Morgan fingerprint density at radius 2 is 2.18 bits per heavy atom. The second-order valence-corrected chi connectivity index (χ2v) is 8.19. The Morgan fingerprint density at radius 3 is 2.82 bits per heavy atom. The van der Waals surface area contributed by atoms with Gasteiger partial charge >= 0.3 is 0 Å². The average Bonchev–Trinajstić information content (AvgIpc) is 2.96. The number of aliphatic hydroxyl groups is 1. The summed E-state index contributed by atoms with van der Waals surface area (Å²) in [5.41, 5.74) is 2.23. The fraction of sp³-hybridized carbons (Fsp3) is 0.476. The first kappa shape index (κ1) is 20.9. The molecule has 0 unspecified atom stereocenters. The van der Waals surface area contributed by atoms with Gasteiger partial charge in [0.2, 0.25) is 5.91 Å². The quantitative estimate of drug-likeness (QED) is 0.397. The monoisotopic (exact) mass is 450 g/mol. The second kappa shape index (κ2) is 8.25. The number of unbranched alkanes of at least 4 members (excludes halogenated alkanes) is 1. The maximum atomic E-state index is 14.2. The molecule has 0 aliphatic carbocycles. The predicted octanol–water partition coefficient (Wildman–Crippen LogP) is 3.54. The van der Waals surface area contributed by atoms with E-state index in [9.17, 15) is 19.1 Å². The van der Waals surface area contributed by atoms with E-state index in [1.54, 1.807) is 19.9 Å². The molecule has 1 aromatic carbocycles. The largest absolute Gasteiger partial charge is 0.396 e. The van der Waals surface area contributed by atoms with E-state index in [0.29, 0.717) is 16.8 Å². The molecule has 0 radical (unpaired) electrons. The van der Waals surface area contributed by atoms with E-state index >= 15 is 0 Å². The third kappa shape index (κ3) is 3.46. The molecule has 0 bridgehead atoms.